The molecule has 0 amide bonds. The van der Waals surface area contributed by atoms with E-state index in [-0.39, 0.29) is 24.2 Å². The van der Waals surface area contributed by atoms with Gasteiger partial charge in [0.1, 0.15) is 0 Å². The summed E-state index contributed by atoms with van der Waals surface area (Å²) < 4.78 is 1.14. The Bertz CT molecular complexity index is 2280. The van der Waals surface area contributed by atoms with Crippen LogP contribution in [0.1, 0.15) is 46.4 Å². The van der Waals surface area contributed by atoms with Crippen LogP contribution >= 0.6 is 15.9 Å². The second-order valence-electron chi connectivity index (χ2n) is 13.6. The van der Waals surface area contributed by atoms with Crippen molar-refractivity contribution in [3.05, 3.63) is 257 Å². The Balaban J connectivity index is 0.000000160. The van der Waals surface area contributed by atoms with Crippen molar-refractivity contribution in [2.24, 2.45) is 17.2 Å². The maximum atomic E-state index is 6.75. The third-order valence-corrected chi connectivity index (χ3v) is 10.4. The molecule has 4 nitrogen and oxygen atoms in total. The van der Waals surface area contributed by atoms with Gasteiger partial charge >= 0.3 is 0 Å². The molecule has 0 saturated carbocycles. The first-order chi connectivity index (χ1) is 28.0. The zero-order valence-electron chi connectivity index (χ0n) is 31.9. The number of nitrogens with one attached hydrogen (secondary N) is 1. The molecule has 0 radical (unpaired) electrons. The van der Waals surface area contributed by atoms with Crippen molar-refractivity contribution in [3.8, 4) is 22.3 Å². The van der Waals surface area contributed by atoms with E-state index >= 15 is 0 Å². The molecule has 57 heavy (non-hydrogen) atoms. The quantitative estimate of drug-likeness (QED) is 0.111. The molecule has 0 heterocycles. The summed E-state index contributed by atoms with van der Waals surface area (Å²) in [5, 5.41) is 3.74. The smallest absolute Gasteiger partial charge is 0.0706 e. The molecule has 0 saturated heterocycles. The number of benzene rings is 8. The molecule has 0 fully saturated rings. The monoisotopic (exact) mass is 808 g/mol. The largest absolute Gasteiger partial charge is 0.376 e. The number of anilines is 1. The fourth-order valence-electron chi connectivity index (χ4n) is 6.63. The van der Waals surface area contributed by atoms with E-state index in [0.717, 1.165) is 26.9 Å². The molecule has 5 heteroatoms. The Morgan fingerprint density at radius 1 is 0.316 bits per heavy atom. The first-order valence-corrected chi connectivity index (χ1v) is 20.0. The summed E-state index contributed by atoms with van der Waals surface area (Å²) in [6.45, 7) is 0. The van der Waals surface area contributed by atoms with Gasteiger partial charge in [0.2, 0.25) is 0 Å². The van der Waals surface area contributed by atoms with E-state index < -0.39 is 0 Å². The lowest BCUT2D eigenvalue weighted by atomic mass is 9.93. The van der Waals surface area contributed by atoms with E-state index in [4.69, 9.17) is 17.2 Å². The molecule has 0 aliphatic rings. The van der Waals surface area contributed by atoms with Gasteiger partial charge in [-0.3, -0.25) is 0 Å². The van der Waals surface area contributed by atoms with Crippen LogP contribution in [0.4, 0.5) is 5.69 Å². The minimum absolute atomic E-state index is 0.0477. The van der Waals surface area contributed by atoms with E-state index in [1.165, 1.54) is 27.8 Å². The van der Waals surface area contributed by atoms with Crippen LogP contribution in [-0.2, 0) is 0 Å². The lowest BCUT2D eigenvalue weighted by molar-refractivity contribution is 0.574. The standard InChI is InChI=1S/C26H24N2.C14H16N2.C12H9Br/c27-25(21-14-6-2-7-15-21)26(22-16-8-3-9-17-22)28-24-19-11-10-18-23(24)20-12-4-1-5-13-20;15-13(11-7-3-1-4-8-11)14(16)12-9-5-2-6-10-12;13-12-9-5-4-8-11(12)10-6-2-1-3-7-10/h1-19,25-26,28H,27H2;1-10,13-14H,15-16H2;1-9H/t25-,26-;13-,14-;/m00./s1. The number of hydrogen-bond acceptors (Lipinski definition) is 4. The molecule has 8 aromatic carbocycles. The normalized spacial score (nSPS) is 12.6. The van der Waals surface area contributed by atoms with Crippen molar-refractivity contribution in [3.63, 3.8) is 0 Å². The number of para-hydroxylation sites is 1. The average Bonchev–Trinajstić information content (AvgIpc) is 3.30. The van der Waals surface area contributed by atoms with Crippen LogP contribution < -0.4 is 22.5 Å². The average molecular weight is 810 g/mol. The summed E-state index contributed by atoms with van der Waals surface area (Å²) in [6.07, 6.45) is 0. The van der Waals surface area contributed by atoms with Crippen LogP contribution in [0.25, 0.3) is 22.3 Å². The topological polar surface area (TPSA) is 90.1 Å². The fourth-order valence-corrected chi connectivity index (χ4v) is 7.15. The van der Waals surface area contributed by atoms with Gasteiger partial charge < -0.3 is 22.5 Å². The Morgan fingerprint density at radius 3 is 1.07 bits per heavy atom. The van der Waals surface area contributed by atoms with Crippen molar-refractivity contribution in [2.75, 3.05) is 5.32 Å². The number of rotatable bonds is 10. The SMILES string of the molecule is Brc1ccccc1-c1ccccc1.N[C@@H](c1ccccc1)[C@@H](N)c1ccccc1.N[C@@H](c1ccccc1)[C@@H](Nc1ccccc1-c1ccccc1)c1ccccc1. The van der Waals surface area contributed by atoms with Crippen LogP contribution in [0.5, 0.6) is 0 Å². The molecule has 0 spiro atoms. The maximum absolute atomic E-state index is 6.75. The van der Waals surface area contributed by atoms with E-state index in [1.807, 2.05) is 109 Å². The summed E-state index contributed by atoms with van der Waals surface area (Å²) >= 11 is 3.53. The summed E-state index contributed by atoms with van der Waals surface area (Å²) in [4.78, 5) is 0. The molecule has 4 atom stereocenters. The van der Waals surface area contributed by atoms with Crippen molar-refractivity contribution in [2.45, 2.75) is 24.2 Å². The summed E-state index contributed by atoms with van der Waals surface area (Å²) in [6, 6.07) is 77.5. The lowest BCUT2D eigenvalue weighted by Gasteiger charge is -2.28. The molecule has 0 unspecified atom stereocenters. The zero-order chi connectivity index (χ0) is 39.7. The number of nitrogens with two attached hydrogens (primary N) is 3. The van der Waals surface area contributed by atoms with Crippen molar-refractivity contribution in [1.82, 2.24) is 0 Å². The minimum atomic E-state index is -0.174. The van der Waals surface area contributed by atoms with Crippen molar-refractivity contribution < 1.29 is 0 Å². The molecule has 284 valence electrons. The molecule has 0 bridgehead atoms. The third kappa shape index (κ3) is 11.5. The van der Waals surface area contributed by atoms with Crippen LogP contribution in [0.2, 0.25) is 0 Å². The van der Waals surface area contributed by atoms with E-state index in [2.05, 4.69) is 143 Å². The van der Waals surface area contributed by atoms with Gasteiger partial charge in [-0.1, -0.05) is 234 Å². The molecule has 7 N–H and O–H groups in total. The van der Waals surface area contributed by atoms with Crippen LogP contribution in [0, 0.1) is 0 Å². The molecule has 0 aromatic heterocycles. The van der Waals surface area contributed by atoms with E-state index in [9.17, 15) is 0 Å². The fraction of sp³-hybridized carbons (Fsp3) is 0.0769. The lowest BCUT2D eigenvalue weighted by Crippen LogP contribution is -2.26. The van der Waals surface area contributed by atoms with Gasteiger partial charge in [-0.05, 0) is 51.1 Å². The highest BCUT2D eigenvalue weighted by atomic mass is 79.9. The summed E-state index contributed by atoms with van der Waals surface area (Å²) in [7, 11) is 0. The van der Waals surface area contributed by atoms with Gasteiger partial charge in [0, 0.05) is 27.8 Å². The van der Waals surface area contributed by atoms with Gasteiger partial charge in [0.05, 0.1) is 12.1 Å². The first-order valence-electron chi connectivity index (χ1n) is 19.2. The second-order valence-corrected chi connectivity index (χ2v) is 14.5. The third-order valence-electron chi connectivity index (χ3n) is 9.74. The van der Waals surface area contributed by atoms with E-state index in [1.54, 1.807) is 0 Å². The predicted octanol–water partition coefficient (Wildman–Crippen LogP) is 12.7. The Kier molecular flexibility index (Phi) is 15.2. The number of halogens is 1. The molecule has 0 aliphatic heterocycles. The highest BCUT2D eigenvalue weighted by Gasteiger charge is 2.22. The van der Waals surface area contributed by atoms with Gasteiger partial charge in [0.15, 0.2) is 0 Å². The number of hydrogen-bond donors (Lipinski definition) is 4. The first kappa shape index (κ1) is 40.6. The van der Waals surface area contributed by atoms with Crippen molar-refractivity contribution in [1.29, 1.82) is 0 Å². The maximum Gasteiger partial charge on any atom is 0.0706 e. The van der Waals surface area contributed by atoms with E-state index in [0.29, 0.717) is 0 Å². The van der Waals surface area contributed by atoms with Crippen LogP contribution in [0.3, 0.4) is 0 Å². The van der Waals surface area contributed by atoms with Crippen LogP contribution in [-0.4, -0.2) is 0 Å². The molecular weight excluding hydrogens is 761 g/mol. The highest BCUT2D eigenvalue weighted by molar-refractivity contribution is 9.10. The minimum Gasteiger partial charge on any atom is -0.376 e. The Hall–Kier alpha value is -6.08. The Labute approximate surface area is 346 Å². The van der Waals surface area contributed by atoms with Gasteiger partial charge in [0.25, 0.3) is 0 Å². The molecule has 8 rings (SSSR count). The van der Waals surface area contributed by atoms with Gasteiger partial charge in [-0.25, -0.2) is 0 Å². The van der Waals surface area contributed by atoms with Gasteiger partial charge in [-0.15, -0.1) is 0 Å². The molecule has 0 aliphatic carbocycles. The molecule has 8 aromatic rings. The Morgan fingerprint density at radius 2 is 0.632 bits per heavy atom. The summed E-state index contributed by atoms with van der Waals surface area (Å²) in [5.41, 5.74) is 29.4. The predicted molar refractivity (Wildman–Crippen MR) is 244 cm³/mol. The highest BCUT2D eigenvalue weighted by Crippen LogP contribution is 2.35. The summed E-state index contributed by atoms with van der Waals surface area (Å²) in [5.74, 6) is 0. The second kappa shape index (κ2) is 21.3. The molecular formula is C52H49BrN4. The van der Waals surface area contributed by atoms with Crippen molar-refractivity contribution >= 4 is 21.6 Å². The van der Waals surface area contributed by atoms with Crippen LogP contribution in [0.15, 0.2) is 235 Å². The zero-order valence-corrected chi connectivity index (χ0v) is 33.4. The van der Waals surface area contributed by atoms with Gasteiger partial charge in [-0.2, -0.15) is 0 Å².